The molecular weight excluding hydrogens is 212 g/mol. The molecular formula is C13H14N4. The average molecular weight is 226 g/mol. The maximum absolute atomic E-state index is 4.29. The molecule has 2 aromatic heterocycles. The smallest absolute Gasteiger partial charge is 0.148 e. The number of fused-ring (bicyclic) bond motifs is 1. The SMILES string of the molecule is Cn1ccc(NCc2cccc3[nH]ccc23)n1. The van der Waals surface area contributed by atoms with Crippen LogP contribution in [0.4, 0.5) is 5.82 Å². The van der Waals surface area contributed by atoms with Crippen molar-refractivity contribution in [1.82, 2.24) is 14.8 Å². The Morgan fingerprint density at radius 3 is 3.06 bits per heavy atom. The molecule has 0 saturated heterocycles. The molecule has 4 heteroatoms. The van der Waals surface area contributed by atoms with Crippen LogP contribution < -0.4 is 5.32 Å². The normalized spacial score (nSPS) is 10.9. The lowest BCUT2D eigenvalue weighted by atomic mass is 10.1. The van der Waals surface area contributed by atoms with Gasteiger partial charge in [0, 0.05) is 43.0 Å². The van der Waals surface area contributed by atoms with E-state index in [4.69, 9.17) is 0 Å². The van der Waals surface area contributed by atoms with Gasteiger partial charge in [0.1, 0.15) is 5.82 Å². The molecule has 4 nitrogen and oxygen atoms in total. The molecule has 0 aliphatic heterocycles. The standard InChI is InChI=1S/C13H14N4/c1-17-8-6-13(16-17)15-9-10-3-2-4-12-11(10)5-7-14-12/h2-8,14H,9H2,1H3,(H,15,16). The van der Waals surface area contributed by atoms with Crippen molar-refractivity contribution in [3.63, 3.8) is 0 Å². The van der Waals surface area contributed by atoms with Crippen molar-refractivity contribution in [2.75, 3.05) is 5.32 Å². The minimum absolute atomic E-state index is 0.784. The van der Waals surface area contributed by atoms with E-state index in [-0.39, 0.29) is 0 Å². The molecule has 0 atom stereocenters. The van der Waals surface area contributed by atoms with E-state index in [1.807, 2.05) is 25.5 Å². The van der Waals surface area contributed by atoms with Crippen LogP contribution in [0.2, 0.25) is 0 Å². The first-order valence-electron chi connectivity index (χ1n) is 5.61. The Morgan fingerprint density at radius 1 is 1.29 bits per heavy atom. The highest BCUT2D eigenvalue weighted by Crippen LogP contribution is 2.18. The van der Waals surface area contributed by atoms with Gasteiger partial charge in [-0.3, -0.25) is 4.68 Å². The van der Waals surface area contributed by atoms with Crippen LogP contribution in [-0.4, -0.2) is 14.8 Å². The lowest BCUT2D eigenvalue weighted by molar-refractivity contribution is 0.768. The largest absolute Gasteiger partial charge is 0.365 e. The first-order valence-corrected chi connectivity index (χ1v) is 5.61. The van der Waals surface area contributed by atoms with Crippen LogP contribution in [0.15, 0.2) is 42.7 Å². The predicted molar refractivity (Wildman–Crippen MR) is 68.8 cm³/mol. The Kier molecular flexibility index (Phi) is 2.33. The molecule has 0 spiro atoms. The summed E-state index contributed by atoms with van der Waals surface area (Å²) in [6, 6.07) is 10.3. The number of hydrogen-bond acceptors (Lipinski definition) is 2. The van der Waals surface area contributed by atoms with Crippen molar-refractivity contribution in [2.45, 2.75) is 6.54 Å². The molecule has 0 unspecified atom stereocenters. The van der Waals surface area contributed by atoms with E-state index in [1.54, 1.807) is 4.68 Å². The second-order valence-electron chi connectivity index (χ2n) is 4.08. The van der Waals surface area contributed by atoms with Crippen molar-refractivity contribution >= 4 is 16.7 Å². The third-order valence-corrected chi connectivity index (χ3v) is 2.86. The molecule has 0 aliphatic carbocycles. The quantitative estimate of drug-likeness (QED) is 0.720. The van der Waals surface area contributed by atoms with Gasteiger partial charge in [-0.2, -0.15) is 5.10 Å². The lowest BCUT2D eigenvalue weighted by Gasteiger charge is -2.04. The number of aromatic amines is 1. The summed E-state index contributed by atoms with van der Waals surface area (Å²) in [4.78, 5) is 3.21. The molecule has 17 heavy (non-hydrogen) atoms. The van der Waals surface area contributed by atoms with Crippen LogP contribution in [0, 0.1) is 0 Å². The third-order valence-electron chi connectivity index (χ3n) is 2.86. The molecule has 0 amide bonds. The number of H-pyrrole nitrogens is 1. The monoisotopic (exact) mass is 226 g/mol. The fraction of sp³-hybridized carbons (Fsp3) is 0.154. The van der Waals surface area contributed by atoms with E-state index in [9.17, 15) is 0 Å². The van der Waals surface area contributed by atoms with Gasteiger partial charge >= 0.3 is 0 Å². The highest BCUT2D eigenvalue weighted by molar-refractivity contribution is 5.83. The second-order valence-corrected chi connectivity index (χ2v) is 4.08. The van der Waals surface area contributed by atoms with E-state index >= 15 is 0 Å². The van der Waals surface area contributed by atoms with Gasteiger partial charge in [-0.25, -0.2) is 0 Å². The Bertz CT molecular complexity index is 635. The Morgan fingerprint density at radius 2 is 2.24 bits per heavy atom. The zero-order valence-electron chi connectivity index (χ0n) is 9.64. The summed E-state index contributed by atoms with van der Waals surface area (Å²) < 4.78 is 1.79. The van der Waals surface area contributed by atoms with Gasteiger partial charge in [-0.15, -0.1) is 0 Å². The van der Waals surface area contributed by atoms with Gasteiger partial charge in [0.2, 0.25) is 0 Å². The molecule has 0 saturated carbocycles. The Labute approximate surface area is 99.3 Å². The zero-order valence-corrected chi connectivity index (χ0v) is 9.64. The fourth-order valence-electron chi connectivity index (χ4n) is 2.00. The number of benzene rings is 1. The summed E-state index contributed by atoms with van der Waals surface area (Å²) in [7, 11) is 1.91. The van der Waals surface area contributed by atoms with Gasteiger partial charge in [-0.05, 0) is 17.7 Å². The third kappa shape index (κ3) is 1.89. The minimum atomic E-state index is 0.784. The maximum atomic E-state index is 4.29. The number of nitrogens with one attached hydrogen (secondary N) is 2. The highest BCUT2D eigenvalue weighted by atomic mass is 15.3. The number of aryl methyl sites for hydroxylation is 1. The van der Waals surface area contributed by atoms with E-state index in [2.05, 4.69) is 39.7 Å². The molecule has 2 heterocycles. The molecule has 3 rings (SSSR count). The van der Waals surface area contributed by atoms with Crippen LogP contribution in [0.3, 0.4) is 0 Å². The Hall–Kier alpha value is -2.23. The van der Waals surface area contributed by atoms with E-state index in [0.717, 1.165) is 12.4 Å². The summed E-state index contributed by atoms with van der Waals surface area (Å²) >= 11 is 0. The number of nitrogens with zero attached hydrogens (tertiary/aromatic N) is 2. The topological polar surface area (TPSA) is 45.6 Å². The second kappa shape index (κ2) is 3.97. The molecule has 86 valence electrons. The fourth-order valence-corrected chi connectivity index (χ4v) is 2.00. The number of anilines is 1. The van der Waals surface area contributed by atoms with Gasteiger partial charge in [0.15, 0.2) is 0 Å². The lowest BCUT2D eigenvalue weighted by Crippen LogP contribution is -2.01. The average Bonchev–Trinajstić information content (AvgIpc) is 2.94. The van der Waals surface area contributed by atoms with Crippen molar-refractivity contribution in [2.24, 2.45) is 7.05 Å². The van der Waals surface area contributed by atoms with E-state index < -0.39 is 0 Å². The molecule has 0 bridgehead atoms. The van der Waals surface area contributed by atoms with Crippen molar-refractivity contribution in [1.29, 1.82) is 0 Å². The van der Waals surface area contributed by atoms with E-state index in [0.29, 0.717) is 0 Å². The highest BCUT2D eigenvalue weighted by Gasteiger charge is 2.02. The van der Waals surface area contributed by atoms with Gasteiger partial charge in [0.05, 0.1) is 0 Å². The molecule has 1 aromatic carbocycles. The van der Waals surface area contributed by atoms with Crippen molar-refractivity contribution < 1.29 is 0 Å². The maximum Gasteiger partial charge on any atom is 0.148 e. The summed E-state index contributed by atoms with van der Waals surface area (Å²) in [5.74, 6) is 0.903. The first-order chi connectivity index (χ1) is 8.33. The molecule has 0 radical (unpaired) electrons. The zero-order chi connectivity index (χ0) is 11.7. The van der Waals surface area contributed by atoms with Crippen LogP contribution in [0.25, 0.3) is 10.9 Å². The number of hydrogen-bond donors (Lipinski definition) is 2. The molecule has 2 N–H and O–H groups in total. The van der Waals surface area contributed by atoms with Gasteiger partial charge < -0.3 is 10.3 Å². The summed E-state index contributed by atoms with van der Waals surface area (Å²) in [5.41, 5.74) is 2.44. The molecule has 3 aromatic rings. The van der Waals surface area contributed by atoms with Crippen LogP contribution in [0.1, 0.15) is 5.56 Å². The molecule has 0 aliphatic rings. The van der Waals surface area contributed by atoms with Gasteiger partial charge in [-0.1, -0.05) is 12.1 Å². The minimum Gasteiger partial charge on any atom is -0.365 e. The first kappa shape index (κ1) is 9.96. The summed E-state index contributed by atoms with van der Waals surface area (Å²) in [6.07, 6.45) is 3.90. The Balaban J connectivity index is 1.83. The van der Waals surface area contributed by atoms with Gasteiger partial charge in [0.25, 0.3) is 0 Å². The molecule has 0 fully saturated rings. The summed E-state index contributed by atoms with van der Waals surface area (Å²) in [6.45, 7) is 0.784. The summed E-state index contributed by atoms with van der Waals surface area (Å²) in [5, 5.41) is 8.87. The van der Waals surface area contributed by atoms with Crippen LogP contribution in [0.5, 0.6) is 0 Å². The number of aromatic nitrogens is 3. The van der Waals surface area contributed by atoms with Crippen LogP contribution in [-0.2, 0) is 13.6 Å². The van der Waals surface area contributed by atoms with E-state index in [1.165, 1.54) is 16.5 Å². The predicted octanol–water partition coefficient (Wildman–Crippen LogP) is 2.51. The van der Waals surface area contributed by atoms with Crippen molar-refractivity contribution in [3.8, 4) is 0 Å². The van der Waals surface area contributed by atoms with Crippen molar-refractivity contribution in [3.05, 3.63) is 48.3 Å². The number of rotatable bonds is 3. The van der Waals surface area contributed by atoms with Crippen LogP contribution >= 0.6 is 0 Å².